The second kappa shape index (κ2) is 6.20. The van der Waals surface area contributed by atoms with Crippen LogP contribution in [0, 0.1) is 5.92 Å². The minimum Gasteiger partial charge on any atom is -0.480 e. The second-order valence-corrected chi connectivity index (χ2v) is 5.81. The number of hydrogen-bond acceptors (Lipinski definition) is 4. The van der Waals surface area contributed by atoms with Crippen LogP contribution in [0.15, 0.2) is 36.7 Å². The summed E-state index contributed by atoms with van der Waals surface area (Å²) in [5, 5.41) is 13.5. The molecule has 7 heteroatoms. The molecule has 2 aromatic heterocycles. The first kappa shape index (κ1) is 15.2. The molecule has 0 aliphatic carbocycles. The highest BCUT2D eigenvalue weighted by atomic mass is 16.4. The molecular formula is C16H18N4O3. The van der Waals surface area contributed by atoms with E-state index >= 15 is 0 Å². The fourth-order valence-corrected chi connectivity index (χ4v) is 2.84. The van der Waals surface area contributed by atoms with Crippen molar-refractivity contribution in [1.29, 1.82) is 0 Å². The number of aliphatic carboxylic acids is 1. The molecule has 0 spiro atoms. The summed E-state index contributed by atoms with van der Waals surface area (Å²) < 4.78 is 1.56. The molecule has 2 atom stereocenters. The molecule has 1 aliphatic heterocycles. The highest BCUT2D eigenvalue weighted by Gasteiger charge is 2.35. The third-order valence-electron chi connectivity index (χ3n) is 4.10. The fraction of sp³-hybridized carbons (Fsp3) is 0.375. The summed E-state index contributed by atoms with van der Waals surface area (Å²) in [6, 6.07) is 6.05. The Kier molecular flexibility index (Phi) is 4.10. The van der Waals surface area contributed by atoms with Crippen LogP contribution >= 0.6 is 0 Å². The Morgan fingerprint density at radius 2 is 2.13 bits per heavy atom. The second-order valence-electron chi connectivity index (χ2n) is 5.81. The summed E-state index contributed by atoms with van der Waals surface area (Å²) in [5.74, 6) is -0.493. The largest absolute Gasteiger partial charge is 0.480 e. The SMILES string of the molecule is CC1CCN(C(=O)c2cccc(-n3cccn3)n2)C(C(=O)O)C1. The number of carboxylic acid groups (broad SMARTS) is 1. The van der Waals surface area contributed by atoms with Crippen LogP contribution in [0.5, 0.6) is 0 Å². The van der Waals surface area contributed by atoms with E-state index in [1.54, 1.807) is 41.3 Å². The molecular weight excluding hydrogens is 296 g/mol. The summed E-state index contributed by atoms with van der Waals surface area (Å²) in [6.07, 6.45) is 4.64. The Balaban J connectivity index is 1.87. The van der Waals surface area contributed by atoms with E-state index in [1.165, 1.54) is 4.90 Å². The van der Waals surface area contributed by atoms with E-state index < -0.39 is 12.0 Å². The van der Waals surface area contributed by atoms with Crippen molar-refractivity contribution < 1.29 is 14.7 Å². The Labute approximate surface area is 133 Å². The molecule has 3 heterocycles. The lowest BCUT2D eigenvalue weighted by atomic mass is 9.92. The number of rotatable bonds is 3. The number of nitrogens with zero attached hydrogens (tertiary/aromatic N) is 4. The number of carbonyl (C=O) groups is 2. The van der Waals surface area contributed by atoms with E-state index in [0.29, 0.717) is 24.7 Å². The molecule has 0 bridgehead atoms. The van der Waals surface area contributed by atoms with Gasteiger partial charge in [-0.15, -0.1) is 0 Å². The van der Waals surface area contributed by atoms with Gasteiger partial charge in [-0.25, -0.2) is 14.5 Å². The van der Waals surface area contributed by atoms with Crippen molar-refractivity contribution in [3.05, 3.63) is 42.4 Å². The maximum absolute atomic E-state index is 12.7. The highest BCUT2D eigenvalue weighted by molar-refractivity contribution is 5.95. The molecule has 2 aromatic rings. The maximum Gasteiger partial charge on any atom is 0.326 e. The Morgan fingerprint density at radius 1 is 1.30 bits per heavy atom. The molecule has 0 radical (unpaired) electrons. The molecule has 1 fully saturated rings. The minimum atomic E-state index is -0.965. The minimum absolute atomic E-state index is 0.235. The van der Waals surface area contributed by atoms with Crippen molar-refractivity contribution in [3.63, 3.8) is 0 Å². The zero-order valence-electron chi connectivity index (χ0n) is 12.8. The van der Waals surface area contributed by atoms with Crippen LogP contribution in [0.4, 0.5) is 0 Å². The molecule has 120 valence electrons. The van der Waals surface area contributed by atoms with E-state index in [2.05, 4.69) is 10.1 Å². The molecule has 1 aliphatic rings. The van der Waals surface area contributed by atoms with Crippen LogP contribution < -0.4 is 0 Å². The fourth-order valence-electron chi connectivity index (χ4n) is 2.84. The van der Waals surface area contributed by atoms with Gasteiger partial charge in [0.05, 0.1) is 0 Å². The van der Waals surface area contributed by atoms with Gasteiger partial charge in [0, 0.05) is 18.9 Å². The quantitative estimate of drug-likeness (QED) is 0.929. The van der Waals surface area contributed by atoms with E-state index in [1.807, 2.05) is 6.92 Å². The molecule has 1 N–H and O–H groups in total. The first-order valence-corrected chi connectivity index (χ1v) is 7.57. The standard InChI is InChI=1S/C16H18N4O3/c1-11-6-9-19(13(10-11)16(22)23)15(21)12-4-2-5-14(18-12)20-8-3-7-17-20/h2-5,7-8,11,13H,6,9-10H2,1H3,(H,22,23). The Bertz CT molecular complexity index is 714. The van der Waals surface area contributed by atoms with Gasteiger partial charge in [-0.05, 0) is 37.0 Å². The van der Waals surface area contributed by atoms with Crippen molar-refractivity contribution in [1.82, 2.24) is 19.7 Å². The van der Waals surface area contributed by atoms with Gasteiger partial charge in [0.15, 0.2) is 5.82 Å². The lowest BCUT2D eigenvalue weighted by molar-refractivity contribution is -0.144. The first-order valence-electron chi connectivity index (χ1n) is 7.57. The molecule has 7 nitrogen and oxygen atoms in total. The summed E-state index contributed by atoms with van der Waals surface area (Å²) >= 11 is 0. The third kappa shape index (κ3) is 3.08. The normalized spacial score (nSPS) is 21.2. The van der Waals surface area contributed by atoms with Gasteiger partial charge in [-0.1, -0.05) is 13.0 Å². The molecule has 23 heavy (non-hydrogen) atoms. The molecule has 2 unspecified atom stereocenters. The molecule has 3 rings (SSSR count). The summed E-state index contributed by atoms with van der Waals surface area (Å²) in [5.41, 5.74) is 0.235. The summed E-state index contributed by atoms with van der Waals surface area (Å²) in [4.78, 5) is 29.9. The number of carboxylic acids is 1. The topological polar surface area (TPSA) is 88.3 Å². The predicted molar refractivity (Wildman–Crippen MR) is 82.2 cm³/mol. The zero-order chi connectivity index (χ0) is 16.4. The Morgan fingerprint density at radius 3 is 2.83 bits per heavy atom. The smallest absolute Gasteiger partial charge is 0.326 e. The molecule has 0 aromatic carbocycles. The highest BCUT2D eigenvalue weighted by Crippen LogP contribution is 2.24. The van der Waals surface area contributed by atoms with Crippen molar-refractivity contribution in [2.24, 2.45) is 5.92 Å². The third-order valence-corrected chi connectivity index (χ3v) is 4.10. The number of amides is 1. The lowest BCUT2D eigenvalue weighted by Crippen LogP contribution is -2.50. The number of piperidine rings is 1. The number of pyridine rings is 1. The van der Waals surface area contributed by atoms with Crippen LogP contribution in [-0.4, -0.2) is 49.2 Å². The number of carbonyl (C=O) groups excluding carboxylic acids is 1. The number of hydrogen-bond donors (Lipinski definition) is 1. The van der Waals surface area contributed by atoms with Gasteiger partial charge in [0.1, 0.15) is 11.7 Å². The first-order chi connectivity index (χ1) is 11.1. The van der Waals surface area contributed by atoms with Crippen LogP contribution in [0.25, 0.3) is 5.82 Å². The van der Waals surface area contributed by atoms with Crippen LogP contribution in [-0.2, 0) is 4.79 Å². The van der Waals surface area contributed by atoms with E-state index in [9.17, 15) is 14.7 Å². The van der Waals surface area contributed by atoms with Crippen LogP contribution in [0.3, 0.4) is 0 Å². The average Bonchev–Trinajstić information content (AvgIpc) is 3.09. The van der Waals surface area contributed by atoms with Crippen LogP contribution in [0.2, 0.25) is 0 Å². The maximum atomic E-state index is 12.7. The van der Waals surface area contributed by atoms with E-state index in [-0.39, 0.29) is 11.6 Å². The van der Waals surface area contributed by atoms with Crippen molar-refractivity contribution in [3.8, 4) is 5.82 Å². The monoisotopic (exact) mass is 314 g/mol. The number of aromatic nitrogens is 3. The van der Waals surface area contributed by atoms with Gasteiger partial charge < -0.3 is 10.0 Å². The lowest BCUT2D eigenvalue weighted by Gasteiger charge is -2.35. The van der Waals surface area contributed by atoms with Gasteiger partial charge in [0.2, 0.25) is 0 Å². The average molecular weight is 314 g/mol. The zero-order valence-corrected chi connectivity index (χ0v) is 12.8. The van der Waals surface area contributed by atoms with Gasteiger partial charge in [-0.3, -0.25) is 4.79 Å². The number of likely N-dealkylation sites (tertiary alicyclic amines) is 1. The summed E-state index contributed by atoms with van der Waals surface area (Å²) in [7, 11) is 0. The van der Waals surface area contributed by atoms with Gasteiger partial charge in [0.25, 0.3) is 5.91 Å². The molecule has 1 amide bonds. The molecule has 0 saturated carbocycles. The van der Waals surface area contributed by atoms with E-state index in [0.717, 1.165) is 6.42 Å². The van der Waals surface area contributed by atoms with Crippen molar-refractivity contribution in [2.45, 2.75) is 25.8 Å². The predicted octanol–water partition coefficient (Wildman–Crippen LogP) is 1.59. The molecule has 1 saturated heterocycles. The van der Waals surface area contributed by atoms with Crippen molar-refractivity contribution >= 4 is 11.9 Å². The van der Waals surface area contributed by atoms with Gasteiger partial charge >= 0.3 is 5.97 Å². The van der Waals surface area contributed by atoms with Gasteiger partial charge in [-0.2, -0.15) is 5.10 Å². The van der Waals surface area contributed by atoms with Crippen LogP contribution in [0.1, 0.15) is 30.3 Å². The van der Waals surface area contributed by atoms with E-state index in [4.69, 9.17) is 0 Å². The Hall–Kier alpha value is -2.70. The van der Waals surface area contributed by atoms with Crippen molar-refractivity contribution in [2.75, 3.05) is 6.54 Å². The summed E-state index contributed by atoms with van der Waals surface area (Å²) in [6.45, 7) is 2.44.